The number of carbonyl (C=O) groups excluding carboxylic acids is 1. The smallest absolute Gasteiger partial charge is 0.411 e. The van der Waals surface area contributed by atoms with Crippen molar-refractivity contribution in [1.29, 1.82) is 0 Å². The number of fused-ring (bicyclic) bond motifs is 3. The van der Waals surface area contributed by atoms with Gasteiger partial charge in [0.2, 0.25) is 5.43 Å². The maximum Gasteiger partial charge on any atom is 0.411 e. The molecule has 0 unspecified atom stereocenters. The molecule has 1 aliphatic rings. The van der Waals surface area contributed by atoms with Crippen molar-refractivity contribution in [3.8, 4) is 11.1 Å². The summed E-state index contributed by atoms with van der Waals surface area (Å²) in [5.74, 6) is -0.0134. The molecule has 5 heteroatoms. The van der Waals surface area contributed by atoms with Crippen molar-refractivity contribution in [2.45, 2.75) is 19.8 Å². The molecule has 2 aromatic carbocycles. The molecule has 0 spiro atoms. The number of aromatic nitrogens is 1. The molecule has 1 amide bonds. The minimum Gasteiger partial charge on any atom is -0.448 e. The molecule has 0 radical (unpaired) electrons. The van der Waals surface area contributed by atoms with E-state index >= 15 is 0 Å². The fourth-order valence-electron chi connectivity index (χ4n) is 3.74. The Balaban J connectivity index is 1.53. The van der Waals surface area contributed by atoms with Crippen molar-refractivity contribution >= 4 is 11.8 Å². The van der Waals surface area contributed by atoms with Crippen LogP contribution in [-0.2, 0) is 4.74 Å². The van der Waals surface area contributed by atoms with Crippen molar-refractivity contribution in [3.05, 3.63) is 87.3 Å². The summed E-state index contributed by atoms with van der Waals surface area (Å²) in [6, 6.07) is 17.8. The molecule has 1 heterocycles. The van der Waals surface area contributed by atoms with E-state index in [2.05, 4.69) is 34.6 Å². The summed E-state index contributed by atoms with van der Waals surface area (Å²) in [6.07, 6.45) is -0.630. The Morgan fingerprint density at radius 1 is 1.04 bits per heavy atom. The van der Waals surface area contributed by atoms with Gasteiger partial charge in [-0.15, -0.1) is 0 Å². The average Bonchev–Trinajstić information content (AvgIpc) is 2.97. The Hall–Kier alpha value is -3.34. The van der Waals surface area contributed by atoms with Crippen LogP contribution in [0.1, 0.15) is 28.4 Å². The number of ether oxygens (including phenoxy) is 1. The van der Waals surface area contributed by atoms with E-state index in [4.69, 9.17) is 4.74 Å². The summed E-state index contributed by atoms with van der Waals surface area (Å²) in [7, 11) is 0. The molecule has 4 rings (SSSR count). The van der Waals surface area contributed by atoms with E-state index in [1.807, 2.05) is 24.3 Å². The van der Waals surface area contributed by atoms with Gasteiger partial charge in [0.05, 0.1) is 0 Å². The summed E-state index contributed by atoms with van der Waals surface area (Å²) < 4.78 is 5.48. The highest BCUT2D eigenvalue weighted by Gasteiger charge is 2.29. The second-order valence-corrected chi connectivity index (χ2v) is 6.77. The number of pyridine rings is 1. The Morgan fingerprint density at radius 3 is 2.22 bits per heavy atom. The molecule has 27 heavy (non-hydrogen) atoms. The number of benzene rings is 2. The molecule has 0 saturated heterocycles. The van der Waals surface area contributed by atoms with Crippen LogP contribution >= 0.6 is 0 Å². The number of aryl methyl sites for hydroxylation is 2. The third kappa shape index (κ3) is 3.12. The molecule has 3 aromatic rings. The number of rotatable bonds is 3. The van der Waals surface area contributed by atoms with E-state index in [0.29, 0.717) is 5.69 Å². The maximum absolute atomic E-state index is 12.3. The molecule has 136 valence electrons. The van der Waals surface area contributed by atoms with Gasteiger partial charge in [-0.3, -0.25) is 10.1 Å². The van der Waals surface area contributed by atoms with Crippen molar-refractivity contribution in [1.82, 2.24) is 4.98 Å². The van der Waals surface area contributed by atoms with Gasteiger partial charge in [0.25, 0.3) is 0 Å². The number of amides is 1. The van der Waals surface area contributed by atoms with Crippen LogP contribution in [0.3, 0.4) is 0 Å². The molecule has 0 bridgehead atoms. The molecular weight excluding hydrogens is 340 g/mol. The van der Waals surface area contributed by atoms with Crippen molar-refractivity contribution in [2.24, 2.45) is 0 Å². The number of hydrogen-bond acceptors (Lipinski definition) is 3. The van der Waals surface area contributed by atoms with Crippen molar-refractivity contribution < 1.29 is 9.53 Å². The van der Waals surface area contributed by atoms with Crippen LogP contribution in [0.25, 0.3) is 11.1 Å². The van der Waals surface area contributed by atoms with E-state index in [9.17, 15) is 9.59 Å². The molecule has 1 aliphatic carbocycles. The number of nitrogens with one attached hydrogen (secondary N) is 2. The number of carbonyl (C=O) groups is 1. The minimum atomic E-state index is -0.630. The Bertz CT molecular complexity index is 1040. The fraction of sp³-hybridized carbons (Fsp3) is 0.182. The average molecular weight is 360 g/mol. The van der Waals surface area contributed by atoms with E-state index in [-0.39, 0.29) is 23.6 Å². The van der Waals surface area contributed by atoms with E-state index in [1.165, 1.54) is 17.2 Å². The van der Waals surface area contributed by atoms with E-state index in [1.54, 1.807) is 13.8 Å². The normalized spacial score (nSPS) is 12.4. The third-order valence-corrected chi connectivity index (χ3v) is 4.92. The lowest BCUT2D eigenvalue weighted by molar-refractivity contribution is 0.158. The first-order valence-electron chi connectivity index (χ1n) is 8.87. The second kappa shape index (κ2) is 6.76. The molecule has 2 N–H and O–H groups in total. The molecule has 0 fully saturated rings. The summed E-state index contributed by atoms with van der Waals surface area (Å²) >= 11 is 0. The van der Waals surface area contributed by atoms with Gasteiger partial charge in [0.1, 0.15) is 12.3 Å². The summed E-state index contributed by atoms with van der Waals surface area (Å²) in [4.78, 5) is 27.4. The van der Waals surface area contributed by atoms with Crippen LogP contribution in [0.15, 0.2) is 59.4 Å². The first-order valence-corrected chi connectivity index (χ1v) is 8.87. The van der Waals surface area contributed by atoms with Crippen LogP contribution in [-0.4, -0.2) is 17.7 Å². The van der Waals surface area contributed by atoms with Gasteiger partial charge in [-0.25, -0.2) is 4.79 Å². The summed E-state index contributed by atoms with van der Waals surface area (Å²) in [5, 5.41) is 2.57. The molecule has 0 aliphatic heterocycles. The third-order valence-electron chi connectivity index (χ3n) is 4.92. The number of anilines is 1. The first kappa shape index (κ1) is 17.1. The standard InChI is InChI=1S/C22H20N2O3/c1-13-11-20(25)21(14(2)23-13)24-22(26)27-12-19-17-9-5-3-7-15(17)16-8-4-6-10-18(16)19/h3-11,19H,12H2,1-2H3,(H,23,25)(H,24,26). The quantitative estimate of drug-likeness (QED) is 0.729. The Kier molecular flexibility index (Phi) is 4.28. The molecule has 0 atom stereocenters. The van der Waals surface area contributed by atoms with Crippen LogP contribution in [0.4, 0.5) is 10.5 Å². The van der Waals surface area contributed by atoms with E-state index < -0.39 is 6.09 Å². The van der Waals surface area contributed by atoms with Gasteiger partial charge >= 0.3 is 6.09 Å². The van der Waals surface area contributed by atoms with Crippen LogP contribution < -0.4 is 10.7 Å². The lowest BCUT2D eigenvalue weighted by Crippen LogP contribution is -2.23. The van der Waals surface area contributed by atoms with Gasteiger partial charge in [-0.1, -0.05) is 48.5 Å². The van der Waals surface area contributed by atoms with Gasteiger partial charge in [0, 0.05) is 23.4 Å². The van der Waals surface area contributed by atoms with Gasteiger partial charge < -0.3 is 9.72 Å². The summed E-state index contributed by atoms with van der Waals surface area (Å²) in [5.41, 5.74) is 5.98. The van der Waals surface area contributed by atoms with Gasteiger partial charge in [-0.2, -0.15) is 0 Å². The van der Waals surface area contributed by atoms with Crippen molar-refractivity contribution in [2.75, 3.05) is 11.9 Å². The summed E-state index contributed by atoms with van der Waals surface area (Å²) in [6.45, 7) is 3.75. The van der Waals surface area contributed by atoms with E-state index in [0.717, 1.165) is 16.8 Å². The molecule has 1 aromatic heterocycles. The zero-order chi connectivity index (χ0) is 19.0. The maximum atomic E-state index is 12.3. The highest BCUT2D eigenvalue weighted by Crippen LogP contribution is 2.44. The fourth-order valence-corrected chi connectivity index (χ4v) is 3.74. The SMILES string of the molecule is Cc1cc(=O)c(NC(=O)OCC2c3ccccc3-c3ccccc32)c(C)[nH]1. The highest BCUT2D eigenvalue weighted by atomic mass is 16.5. The van der Waals surface area contributed by atoms with Crippen molar-refractivity contribution in [3.63, 3.8) is 0 Å². The largest absolute Gasteiger partial charge is 0.448 e. The van der Waals surface area contributed by atoms with Crippen LogP contribution in [0.2, 0.25) is 0 Å². The lowest BCUT2D eigenvalue weighted by Gasteiger charge is -2.15. The predicted molar refractivity (Wildman–Crippen MR) is 105 cm³/mol. The monoisotopic (exact) mass is 360 g/mol. The number of H-pyrrole nitrogens is 1. The van der Waals surface area contributed by atoms with Crippen LogP contribution in [0.5, 0.6) is 0 Å². The first-order chi connectivity index (χ1) is 13.0. The Labute approximate surface area is 157 Å². The number of aromatic amines is 1. The zero-order valence-electron chi connectivity index (χ0n) is 15.2. The van der Waals surface area contributed by atoms with Gasteiger partial charge in [0.15, 0.2) is 0 Å². The number of hydrogen-bond donors (Lipinski definition) is 2. The Morgan fingerprint density at radius 2 is 1.63 bits per heavy atom. The zero-order valence-corrected chi connectivity index (χ0v) is 15.2. The highest BCUT2D eigenvalue weighted by molar-refractivity contribution is 5.85. The second-order valence-electron chi connectivity index (χ2n) is 6.77. The van der Waals surface area contributed by atoms with Gasteiger partial charge in [-0.05, 0) is 36.1 Å². The van der Waals surface area contributed by atoms with Crippen LogP contribution in [0, 0.1) is 13.8 Å². The molecule has 0 saturated carbocycles. The molecular formula is C22H20N2O3. The topological polar surface area (TPSA) is 71.2 Å². The predicted octanol–water partition coefficient (Wildman–Crippen LogP) is 4.35. The minimum absolute atomic E-state index is 0.0134. The lowest BCUT2D eigenvalue weighted by atomic mass is 9.98. The molecule has 5 nitrogen and oxygen atoms in total.